The van der Waals surface area contributed by atoms with Crippen molar-refractivity contribution in [3.8, 4) is 0 Å². The maximum absolute atomic E-state index is 3.88. The summed E-state index contributed by atoms with van der Waals surface area (Å²) in [6.45, 7) is 5.91. The van der Waals surface area contributed by atoms with Crippen molar-refractivity contribution in [2.75, 3.05) is 4.90 Å². The van der Waals surface area contributed by atoms with Crippen molar-refractivity contribution in [2.45, 2.75) is 6.92 Å². The highest BCUT2D eigenvalue weighted by molar-refractivity contribution is 5.69. The Morgan fingerprint density at radius 3 is 2.42 bits per heavy atom. The van der Waals surface area contributed by atoms with Crippen molar-refractivity contribution in [3.63, 3.8) is 0 Å². The molecule has 1 aliphatic heterocycles. The average Bonchev–Trinajstić information content (AvgIpc) is 2.84. The summed E-state index contributed by atoms with van der Waals surface area (Å²) in [6, 6.07) is 10.3. The van der Waals surface area contributed by atoms with Gasteiger partial charge in [-0.2, -0.15) is 0 Å². The minimum Gasteiger partial charge on any atom is -0.313 e. The topological polar surface area (TPSA) is 3.01 Å². The van der Waals surface area contributed by atoms with Crippen molar-refractivity contribution >= 4 is 5.69 Å². The number of hydrogen-bond acceptors (Lipinski definition) is 1. The average molecular weight is 157 g/mol. The highest BCUT2D eigenvalue weighted by Gasteiger charge is 2.21. The zero-order valence-corrected chi connectivity index (χ0v) is 7.12. The molecule has 0 spiro atoms. The Hall–Kier alpha value is -1.50. The van der Waals surface area contributed by atoms with E-state index < -0.39 is 0 Å². The SMILES string of the molecule is C=C(C)C1=CN1c1ccccc1. The molecule has 0 atom stereocenters. The van der Waals surface area contributed by atoms with E-state index in [4.69, 9.17) is 0 Å². The summed E-state index contributed by atoms with van der Waals surface area (Å²) in [5.41, 5.74) is 3.58. The summed E-state index contributed by atoms with van der Waals surface area (Å²) in [6.07, 6.45) is 2.09. The normalized spacial score (nSPS) is 14.1. The highest BCUT2D eigenvalue weighted by atomic mass is 15.2. The van der Waals surface area contributed by atoms with Crippen LogP contribution in [0.2, 0.25) is 0 Å². The van der Waals surface area contributed by atoms with Gasteiger partial charge in [0.2, 0.25) is 0 Å². The van der Waals surface area contributed by atoms with Gasteiger partial charge in [0.1, 0.15) is 0 Å². The Morgan fingerprint density at radius 2 is 1.92 bits per heavy atom. The van der Waals surface area contributed by atoms with Crippen LogP contribution in [0.5, 0.6) is 0 Å². The molecule has 1 aromatic carbocycles. The second-order valence-corrected chi connectivity index (χ2v) is 3.00. The first-order valence-electron chi connectivity index (χ1n) is 4.01. The lowest BCUT2D eigenvalue weighted by Gasteiger charge is -2.04. The standard InChI is InChI=1S/C11H11N/c1-9(2)11-8-12(11)10-6-4-3-5-7-10/h3-8H,1H2,2H3. The number of nitrogens with zero attached hydrogens (tertiary/aromatic N) is 1. The molecule has 0 N–H and O–H groups in total. The first kappa shape index (κ1) is 7.17. The van der Waals surface area contributed by atoms with Crippen LogP contribution in [0.1, 0.15) is 6.92 Å². The van der Waals surface area contributed by atoms with Crippen LogP contribution in [0, 0.1) is 0 Å². The predicted octanol–water partition coefficient (Wildman–Crippen LogP) is 2.92. The number of benzene rings is 1. The van der Waals surface area contributed by atoms with Gasteiger partial charge in [0.25, 0.3) is 0 Å². The fourth-order valence-corrected chi connectivity index (χ4v) is 1.21. The molecular formula is C11H11N. The van der Waals surface area contributed by atoms with E-state index in [0.29, 0.717) is 0 Å². The van der Waals surface area contributed by atoms with Crippen molar-refractivity contribution in [3.05, 3.63) is 54.4 Å². The van der Waals surface area contributed by atoms with Gasteiger partial charge in [-0.25, -0.2) is 0 Å². The fraction of sp³-hybridized carbons (Fsp3) is 0.0909. The van der Waals surface area contributed by atoms with Crippen molar-refractivity contribution in [1.82, 2.24) is 0 Å². The van der Waals surface area contributed by atoms with Crippen molar-refractivity contribution < 1.29 is 0 Å². The highest BCUT2D eigenvalue weighted by Crippen LogP contribution is 2.33. The summed E-state index contributed by atoms with van der Waals surface area (Å²) >= 11 is 0. The molecular weight excluding hydrogens is 146 g/mol. The molecule has 0 fully saturated rings. The molecule has 60 valence electrons. The van der Waals surface area contributed by atoms with E-state index in [1.165, 1.54) is 11.4 Å². The van der Waals surface area contributed by atoms with E-state index >= 15 is 0 Å². The summed E-state index contributed by atoms with van der Waals surface area (Å²) in [4.78, 5) is 2.14. The molecule has 1 aromatic rings. The van der Waals surface area contributed by atoms with Crippen LogP contribution in [0.3, 0.4) is 0 Å². The van der Waals surface area contributed by atoms with E-state index in [1.807, 2.05) is 25.1 Å². The second kappa shape index (κ2) is 2.52. The summed E-state index contributed by atoms with van der Waals surface area (Å²) < 4.78 is 0. The lowest BCUT2D eigenvalue weighted by atomic mass is 10.3. The van der Waals surface area contributed by atoms with Gasteiger partial charge in [0, 0.05) is 11.9 Å². The molecule has 0 amide bonds. The maximum Gasteiger partial charge on any atom is 0.0646 e. The molecule has 0 saturated heterocycles. The van der Waals surface area contributed by atoms with Crippen LogP contribution < -0.4 is 4.90 Å². The van der Waals surface area contributed by atoms with Gasteiger partial charge in [0.15, 0.2) is 0 Å². The third-order valence-electron chi connectivity index (χ3n) is 1.91. The molecule has 2 rings (SSSR count). The maximum atomic E-state index is 3.88. The lowest BCUT2D eigenvalue weighted by molar-refractivity contribution is 1.35. The first-order chi connectivity index (χ1) is 5.79. The summed E-state index contributed by atoms with van der Waals surface area (Å²) in [5, 5.41) is 0. The van der Waals surface area contributed by atoms with Crippen molar-refractivity contribution in [1.29, 1.82) is 0 Å². The Balaban J connectivity index is 2.13. The smallest absolute Gasteiger partial charge is 0.0646 e. The third-order valence-corrected chi connectivity index (χ3v) is 1.91. The molecule has 1 aliphatic rings. The van der Waals surface area contributed by atoms with Gasteiger partial charge in [-0.1, -0.05) is 24.8 Å². The lowest BCUT2D eigenvalue weighted by Crippen LogP contribution is -1.94. The Bertz CT molecular complexity index is 335. The first-order valence-corrected chi connectivity index (χ1v) is 4.01. The van der Waals surface area contributed by atoms with Crippen LogP contribution in [0.15, 0.2) is 54.4 Å². The fourth-order valence-electron chi connectivity index (χ4n) is 1.21. The Labute approximate surface area is 72.6 Å². The van der Waals surface area contributed by atoms with Gasteiger partial charge in [-0.05, 0) is 24.6 Å². The predicted molar refractivity (Wildman–Crippen MR) is 51.8 cm³/mol. The van der Waals surface area contributed by atoms with E-state index in [9.17, 15) is 0 Å². The molecule has 0 aliphatic carbocycles. The molecule has 1 heterocycles. The van der Waals surface area contributed by atoms with Crippen molar-refractivity contribution in [2.24, 2.45) is 0 Å². The van der Waals surface area contributed by atoms with Crippen LogP contribution in [-0.2, 0) is 0 Å². The van der Waals surface area contributed by atoms with Gasteiger partial charge in [0.05, 0.1) is 5.70 Å². The number of allylic oxidation sites excluding steroid dienone is 1. The number of para-hydroxylation sites is 1. The quantitative estimate of drug-likeness (QED) is 0.637. The number of rotatable bonds is 2. The van der Waals surface area contributed by atoms with Gasteiger partial charge in [-0.15, -0.1) is 0 Å². The van der Waals surface area contributed by atoms with E-state index in [-0.39, 0.29) is 0 Å². The zero-order valence-electron chi connectivity index (χ0n) is 7.12. The Kier molecular flexibility index (Phi) is 1.51. The third kappa shape index (κ3) is 1.14. The van der Waals surface area contributed by atoms with Crippen LogP contribution >= 0.6 is 0 Å². The van der Waals surface area contributed by atoms with E-state index in [2.05, 4.69) is 29.8 Å². The second-order valence-electron chi connectivity index (χ2n) is 3.00. The summed E-state index contributed by atoms with van der Waals surface area (Å²) in [7, 11) is 0. The molecule has 0 radical (unpaired) electrons. The number of anilines is 1. The van der Waals surface area contributed by atoms with Crippen LogP contribution in [0.4, 0.5) is 5.69 Å². The molecule has 0 aromatic heterocycles. The molecule has 0 unspecified atom stereocenters. The minimum atomic E-state index is 1.12. The minimum absolute atomic E-state index is 1.12. The monoisotopic (exact) mass is 157 g/mol. The van der Waals surface area contributed by atoms with Crippen LogP contribution in [0.25, 0.3) is 0 Å². The van der Waals surface area contributed by atoms with Gasteiger partial charge in [-0.3, -0.25) is 0 Å². The molecule has 0 bridgehead atoms. The molecule has 1 nitrogen and oxygen atoms in total. The van der Waals surface area contributed by atoms with E-state index in [1.54, 1.807) is 0 Å². The van der Waals surface area contributed by atoms with Gasteiger partial charge < -0.3 is 4.90 Å². The largest absolute Gasteiger partial charge is 0.313 e. The van der Waals surface area contributed by atoms with Gasteiger partial charge >= 0.3 is 0 Å². The Morgan fingerprint density at radius 1 is 1.25 bits per heavy atom. The summed E-state index contributed by atoms with van der Waals surface area (Å²) in [5.74, 6) is 0. The van der Waals surface area contributed by atoms with Crippen LogP contribution in [-0.4, -0.2) is 0 Å². The number of hydrogen-bond donors (Lipinski definition) is 0. The molecule has 1 heteroatoms. The van der Waals surface area contributed by atoms with E-state index in [0.717, 1.165) is 5.57 Å². The molecule has 0 saturated carbocycles. The zero-order chi connectivity index (χ0) is 8.55. The molecule has 12 heavy (non-hydrogen) atoms.